The van der Waals surface area contributed by atoms with E-state index in [0.29, 0.717) is 28.4 Å². The van der Waals surface area contributed by atoms with Crippen molar-refractivity contribution in [2.45, 2.75) is 47.1 Å². The van der Waals surface area contributed by atoms with Crippen molar-refractivity contribution in [1.82, 2.24) is 0 Å². The Hall–Kier alpha value is -3.60. The van der Waals surface area contributed by atoms with E-state index in [4.69, 9.17) is 14.2 Å². The Bertz CT molecular complexity index is 1110. The highest BCUT2D eigenvalue weighted by molar-refractivity contribution is 6.02. The number of esters is 1. The molecule has 0 unspecified atom stereocenters. The van der Waals surface area contributed by atoms with Crippen molar-refractivity contribution in [3.63, 3.8) is 0 Å². The second-order valence-electron chi connectivity index (χ2n) is 9.81. The van der Waals surface area contributed by atoms with E-state index in [0.717, 1.165) is 5.75 Å². The van der Waals surface area contributed by atoms with Gasteiger partial charge >= 0.3 is 5.97 Å². The molecule has 172 valence electrons. The minimum absolute atomic E-state index is 0.0309. The molecule has 0 aliphatic carbocycles. The topological polar surface area (TPSA) is 61.8 Å². The van der Waals surface area contributed by atoms with Gasteiger partial charge in [0.2, 0.25) is 0 Å². The summed E-state index contributed by atoms with van der Waals surface area (Å²) in [5.74, 6) is 1.87. The van der Waals surface area contributed by atoms with Crippen LogP contribution in [0.3, 0.4) is 0 Å². The van der Waals surface area contributed by atoms with Gasteiger partial charge in [-0.3, -0.25) is 4.79 Å². The smallest absolute Gasteiger partial charge is 0.343 e. The maximum atomic E-state index is 12.6. The van der Waals surface area contributed by atoms with Gasteiger partial charge in [-0.15, -0.1) is 0 Å². The van der Waals surface area contributed by atoms with Crippen molar-refractivity contribution in [3.05, 3.63) is 83.9 Å². The lowest BCUT2D eigenvalue weighted by Crippen LogP contribution is -2.22. The van der Waals surface area contributed by atoms with Gasteiger partial charge in [0.1, 0.15) is 28.6 Å². The Balaban J connectivity index is 1.63. The van der Waals surface area contributed by atoms with Crippen molar-refractivity contribution in [3.8, 4) is 23.0 Å². The van der Waals surface area contributed by atoms with Gasteiger partial charge in [-0.2, -0.15) is 0 Å². The highest BCUT2D eigenvalue weighted by atomic mass is 16.5. The third-order valence-electron chi connectivity index (χ3n) is 4.56. The quantitative estimate of drug-likeness (QED) is 0.229. The van der Waals surface area contributed by atoms with E-state index in [1.165, 1.54) is 0 Å². The second kappa shape index (κ2) is 9.49. The molecule has 3 rings (SSSR count). The monoisotopic (exact) mass is 446 g/mol. The predicted molar refractivity (Wildman–Crippen MR) is 129 cm³/mol. The van der Waals surface area contributed by atoms with E-state index in [2.05, 4.69) is 0 Å². The number of ketones is 1. The standard InChI is InChI=1S/C28H30O5/c1-27(2,3)25(29)19-8-7-9-20(18-19)26(30)32-23-12-10-21(11-13-23)31-22-14-16-24(17-15-22)33-28(4,5)6/h7-18H,1-6H3. The normalized spacial score (nSPS) is 11.6. The van der Waals surface area contributed by atoms with Gasteiger partial charge in [0.25, 0.3) is 0 Å². The van der Waals surface area contributed by atoms with Gasteiger partial charge in [-0.25, -0.2) is 4.79 Å². The first-order valence-electron chi connectivity index (χ1n) is 10.8. The lowest BCUT2D eigenvalue weighted by atomic mass is 9.86. The summed E-state index contributed by atoms with van der Waals surface area (Å²) in [6.07, 6.45) is 0. The predicted octanol–water partition coefficient (Wildman–Crippen LogP) is 7.10. The third-order valence-corrected chi connectivity index (χ3v) is 4.56. The molecule has 0 bridgehead atoms. The number of carbonyl (C=O) groups excluding carboxylic acids is 2. The summed E-state index contributed by atoms with van der Waals surface area (Å²) >= 11 is 0. The van der Waals surface area contributed by atoms with Crippen LogP contribution in [0.15, 0.2) is 72.8 Å². The first-order chi connectivity index (χ1) is 15.4. The molecule has 5 nitrogen and oxygen atoms in total. The Morgan fingerprint density at radius 2 is 1.12 bits per heavy atom. The van der Waals surface area contributed by atoms with Gasteiger partial charge in [-0.1, -0.05) is 32.9 Å². The molecule has 0 N–H and O–H groups in total. The molecule has 0 amide bonds. The molecule has 5 heteroatoms. The minimum Gasteiger partial charge on any atom is -0.488 e. The summed E-state index contributed by atoms with van der Waals surface area (Å²) in [5, 5.41) is 0. The molecule has 0 radical (unpaired) electrons. The molecular weight excluding hydrogens is 416 g/mol. The number of ether oxygens (including phenoxy) is 3. The van der Waals surface area contributed by atoms with Crippen molar-refractivity contribution in [2.24, 2.45) is 5.41 Å². The van der Waals surface area contributed by atoms with E-state index in [-0.39, 0.29) is 11.4 Å². The molecular formula is C28H30O5. The molecule has 0 spiro atoms. The van der Waals surface area contributed by atoms with Crippen LogP contribution in [0, 0.1) is 5.41 Å². The molecule has 0 atom stereocenters. The third kappa shape index (κ3) is 6.94. The lowest BCUT2D eigenvalue weighted by molar-refractivity contribution is 0.0734. The molecule has 0 saturated carbocycles. The van der Waals surface area contributed by atoms with Crippen LogP contribution >= 0.6 is 0 Å². The molecule has 0 heterocycles. The molecule has 0 saturated heterocycles. The zero-order chi connectivity index (χ0) is 24.2. The zero-order valence-corrected chi connectivity index (χ0v) is 20.0. The molecule has 0 fully saturated rings. The Labute approximate surface area is 195 Å². The number of rotatable bonds is 6. The summed E-state index contributed by atoms with van der Waals surface area (Å²) in [4.78, 5) is 25.1. The van der Waals surface area contributed by atoms with Gasteiger partial charge < -0.3 is 14.2 Å². The summed E-state index contributed by atoms with van der Waals surface area (Å²) < 4.78 is 17.1. The van der Waals surface area contributed by atoms with Crippen LogP contribution in [0.4, 0.5) is 0 Å². The first kappa shape index (κ1) is 24.1. The van der Waals surface area contributed by atoms with E-state index in [1.807, 2.05) is 65.8 Å². The van der Waals surface area contributed by atoms with Gasteiger partial charge in [0.15, 0.2) is 5.78 Å². The number of Topliss-reactive ketones (excluding diaryl/α,β-unsaturated/α-hetero) is 1. The first-order valence-corrected chi connectivity index (χ1v) is 10.8. The highest BCUT2D eigenvalue weighted by Crippen LogP contribution is 2.27. The minimum atomic E-state index is -0.529. The average molecular weight is 447 g/mol. The summed E-state index contributed by atoms with van der Waals surface area (Å²) in [7, 11) is 0. The van der Waals surface area contributed by atoms with Crippen molar-refractivity contribution >= 4 is 11.8 Å². The van der Waals surface area contributed by atoms with Crippen LogP contribution in [0.1, 0.15) is 62.3 Å². The lowest BCUT2D eigenvalue weighted by Gasteiger charge is -2.21. The number of hydrogen-bond acceptors (Lipinski definition) is 5. The SMILES string of the molecule is CC(C)(C)Oc1ccc(Oc2ccc(OC(=O)c3cccc(C(=O)C(C)(C)C)c3)cc2)cc1. The fraction of sp³-hybridized carbons (Fsp3) is 0.286. The largest absolute Gasteiger partial charge is 0.488 e. The molecule has 33 heavy (non-hydrogen) atoms. The maximum absolute atomic E-state index is 12.6. The van der Waals surface area contributed by atoms with Crippen LogP contribution in [-0.2, 0) is 0 Å². The van der Waals surface area contributed by atoms with Crippen molar-refractivity contribution < 1.29 is 23.8 Å². The molecule has 0 aliphatic heterocycles. The van der Waals surface area contributed by atoms with E-state index < -0.39 is 11.4 Å². The summed E-state index contributed by atoms with van der Waals surface area (Å²) in [6.45, 7) is 11.5. The van der Waals surface area contributed by atoms with Gasteiger partial charge in [0.05, 0.1) is 5.56 Å². The molecule has 0 aromatic heterocycles. The fourth-order valence-electron chi connectivity index (χ4n) is 3.03. The van der Waals surface area contributed by atoms with E-state index >= 15 is 0 Å². The van der Waals surface area contributed by atoms with E-state index in [1.54, 1.807) is 48.5 Å². The molecule has 0 aliphatic rings. The van der Waals surface area contributed by atoms with Gasteiger partial charge in [-0.05, 0) is 81.4 Å². The Kier molecular flexibility index (Phi) is 6.92. The van der Waals surface area contributed by atoms with Crippen LogP contribution in [0.5, 0.6) is 23.0 Å². The highest BCUT2D eigenvalue weighted by Gasteiger charge is 2.23. The van der Waals surface area contributed by atoms with Crippen LogP contribution in [0.2, 0.25) is 0 Å². The average Bonchev–Trinajstić information content (AvgIpc) is 2.74. The van der Waals surface area contributed by atoms with Crippen LogP contribution in [-0.4, -0.2) is 17.4 Å². The van der Waals surface area contributed by atoms with Gasteiger partial charge in [0, 0.05) is 11.0 Å². The number of benzene rings is 3. The maximum Gasteiger partial charge on any atom is 0.343 e. The Morgan fingerprint density at radius 3 is 1.64 bits per heavy atom. The molecule has 3 aromatic carbocycles. The number of carbonyl (C=O) groups is 2. The number of hydrogen-bond donors (Lipinski definition) is 0. The zero-order valence-electron chi connectivity index (χ0n) is 20.0. The van der Waals surface area contributed by atoms with Crippen molar-refractivity contribution in [2.75, 3.05) is 0 Å². The van der Waals surface area contributed by atoms with Crippen LogP contribution in [0.25, 0.3) is 0 Å². The van der Waals surface area contributed by atoms with Crippen molar-refractivity contribution in [1.29, 1.82) is 0 Å². The van der Waals surface area contributed by atoms with E-state index in [9.17, 15) is 9.59 Å². The van der Waals surface area contributed by atoms with Crippen LogP contribution < -0.4 is 14.2 Å². The second-order valence-corrected chi connectivity index (χ2v) is 9.81. The summed E-state index contributed by atoms with van der Waals surface area (Å²) in [5.41, 5.74) is 0.0137. The summed E-state index contributed by atoms with van der Waals surface area (Å²) in [6, 6.07) is 20.7. The fourth-order valence-corrected chi connectivity index (χ4v) is 3.03. The Morgan fingerprint density at radius 1 is 0.636 bits per heavy atom. The molecule has 3 aromatic rings.